The molecule has 3 nitrogen and oxygen atoms in total. The Labute approximate surface area is 91.4 Å². The van der Waals surface area contributed by atoms with Gasteiger partial charge in [0.2, 0.25) is 0 Å². The SMILES string of the molecule is CC1CC(OC(=S)NN)CC(C)(C)C1. The Morgan fingerprint density at radius 3 is 2.64 bits per heavy atom. The van der Waals surface area contributed by atoms with Crippen molar-refractivity contribution in [3.05, 3.63) is 0 Å². The van der Waals surface area contributed by atoms with Crippen LogP contribution >= 0.6 is 12.2 Å². The van der Waals surface area contributed by atoms with Crippen LogP contribution in [0.25, 0.3) is 0 Å². The van der Waals surface area contributed by atoms with Crippen LogP contribution in [0.5, 0.6) is 0 Å². The largest absolute Gasteiger partial charge is 0.467 e. The lowest BCUT2D eigenvalue weighted by atomic mass is 9.71. The van der Waals surface area contributed by atoms with Gasteiger partial charge in [-0.1, -0.05) is 20.8 Å². The van der Waals surface area contributed by atoms with Crippen molar-refractivity contribution in [1.29, 1.82) is 0 Å². The van der Waals surface area contributed by atoms with E-state index in [0.29, 0.717) is 16.5 Å². The third-order valence-electron chi connectivity index (χ3n) is 2.74. The molecule has 0 amide bonds. The van der Waals surface area contributed by atoms with E-state index in [0.717, 1.165) is 12.8 Å². The molecule has 0 aromatic rings. The minimum Gasteiger partial charge on any atom is -0.467 e. The Morgan fingerprint density at radius 2 is 2.14 bits per heavy atom. The fourth-order valence-corrected chi connectivity index (χ4v) is 2.67. The summed E-state index contributed by atoms with van der Waals surface area (Å²) in [5.41, 5.74) is 2.72. The second-order valence-electron chi connectivity index (χ2n) is 5.08. The fourth-order valence-electron chi connectivity index (χ4n) is 2.53. The van der Waals surface area contributed by atoms with E-state index < -0.39 is 0 Å². The van der Waals surface area contributed by atoms with Crippen LogP contribution in [-0.2, 0) is 4.74 Å². The molecule has 1 rings (SSSR count). The van der Waals surface area contributed by atoms with E-state index in [1.807, 2.05) is 0 Å². The van der Waals surface area contributed by atoms with Gasteiger partial charge in [0.1, 0.15) is 6.10 Å². The van der Waals surface area contributed by atoms with Gasteiger partial charge in [-0.15, -0.1) is 0 Å². The Balaban J connectivity index is 2.50. The van der Waals surface area contributed by atoms with Gasteiger partial charge in [-0.25, -0.2) is 5.84 Å². The summed E-state index contributed by atoms with van der Waals surface area (Å²) in [6.45, 7) is 6.81. The van der Waals surface area contributed by atoms with Gasteiger partial charge in [-0.05, 0) is 42.8 Å². The van der Waals surface area contributed by atoms with Crippen molar-refractivity contribution in [1.82, 2.24) is 5.43 Å². The molecule has 4 heteroatoms. The minimum atomic E-state index is 0.220. The van der Waals surface area contributed by atoms with Gasteiger partial charge >= 0.3 is 0 Å². The van der Waals surface area contributed by atoms with Crippen molar-refractivity contribution < 1.29 is 4.74 Å². The first-order valence-corrected chi connectivity index (χ1v) is 5.51. The zero-order valence-electron chi connectivity index (χ0n) is 9.17. The summed E-state index contributed by atoms with van der Waals surface area (Å²) in [7, 11) is 0. The lowest BCUT2D eigenvalue weighted by Crippen LogP contribution is -2.38. The lowest BCUT2D eigenvalue weighted by Gasteiger charge is -2.38. The smallest absolute Gasteiger partial charge is 0.271 e. The molecule has 0 bridgehead atoms. The molecule has 1 fully saturated rings. The van der Waals surface area contributed by atoms with Crippen molar-refractivity contribution >= 4 is 17.4 Å². The molecule has 1 aliphatic rings. The molecule has 0 saturated heterocycles. The molecule has 3 N–H and O–H groups in total. The molecule has 14 heavy (non-hydrogen) atoms. The van der Waals surface area contributed by atoms with E-state index in [-0.39, 0.29) is 6.10 Å². The van der Waals surface area contributed by atoms with E-state index in [1.165, 1.54) is 6.42 Å². The zero-order chi connectivity index (χ0) is 10.8. The second kappa shape index (κ2) is 4.45. The van der Waals surface area contributed by atoms with E-state index >= 15 is 0 Å². The summed E-state index contributed by atoms with van der Waals surface area (Å²) < 4.78 is 5.54. The molecule has 0 aromatic heterocycles. The van der Waals surface area contributed by atoms with Crippen LogP contribution in [0.3, 0.4) is 0 Å². The summed E-state index contributed by atoms with van der Waals surface area (Å²) in [6, 6.07) is 0. The predicted octanol–water partition coefficient (Wildman–Crippen LogP) is 1.97. The number of hydrazine groups is 1. The topological polar surface area (TPSA) is 47.3 Å². The molecular formula is C10H20N2OS. The van der Waals surface area contributed by atoms with Gasteiger partial charge < -0.3 is 4.74 Å². The molecule has 2 atom stereocenters. The maximum Gasteiger partial charge on any atom is 0.271 e. The van der Waals surface area contributed by atoms with Crippen molar-refractivity contribution in [3.63, 3.8) is 0 Å². The summed E-state index contributed by atoms with van der Waals surface area (Å²) in [6.07, 6.45) is 3.61. The van der Waals surface area contributed by atoms with Crippen molar-refractivity contribution in [3.8, 4) is 0 Å². The first-order valence-electron chi connectivity index (χ1n) is 5.10. The Kier molecular flexibility index (Phi) is 3.72. The van der Waals surface area contributed by atoms with E-state index in [1.54, 1.807) is 0 Å². The van der Waals surface area contributed by atoms with Crippen LogP contribution in [0.2, 0.25) is 0 Å². The van der Waals surface area contributed by atoms with Gasteiger partial charge in [-0.2, -0.15) is 0 Å². The molecule has 82 valence electrons. The Bertz CT molecular complexity index is 218. The third kappa shape index (κ3) is 3.42. The van der Waals surface area contributed by atoms with Crippen molar-refractivity contribution in [2.24, 2.45) is 17.2 Å². The highest BCUT2D eigenvalue weighted by Gasteiger charge is 2.33. The molecule has 2 unspecified atom stereocenters. The van der Waals surface area contributed by atoms with Crippen molar-refractivity contribution in [2.45, 2.75) is 46.1 Å². The van der Waals surface area contributed by atoms with E-state index in [4.69, 9.17) is 22.8 Å². The maximum absolute atomic E-state index is 5.54. The Morgan fingerprint density at radius 1 is 1.50 bits per heavy atom. The van der Waals surface area contributed by atoms with Crippen LogP contribution in [0.15, 0.2) is 0 Å². The molecule has 0 spiro atoms. The Hall–Kier alpha value is -0.350. The summed E-state index contributed by atoms with van der Waals surface area (Å²) >= 11 is 4.89. The number of hydrogen-bond acceptors (Lipinski definition) is 3. The molecular weight excluding hydrogens is 196 g/mol. The standard InChI is InChI=1S/C10H20N2OS/c1-7-4-8(13-9(14)12-11)6-10(2,3)5-7/h7-8H,4-6,11H2,1-3H3,(H,12,14). The number of thiocarbonyl (C=S) groups is 1. The predicted molar refractivity (Wildman–Crippen MR) is 61.6 cm³/mol. The minimum absolute atomic E-state index is 0.220. The summed E-state index contributed by atoms with van der Waals surface area (Å²) in [5, 5.41) is 0.305. The van der Waals surface area contributed by atoms with Gasteiger partial charge in [0.25, 0.3) is 5.17 Å². The van der Waals surface area contributed by atoms with Gasteiger partial charge in [0.05, 0.1) is 0 Å². The average Bonchev–Trinajstić information content (AvgIpc) is 1.99. The average molecular weight is 216 g/mol. The first-order chi connectivity index (χ1) is 6.43. The number of hydrogen-bond donors (Lipinski definition) is 2. The van der Waals surface area contributed by atoms with Crippen LogP contribution in [0.1, 0.15) is 40.0 Å². The fraction of sp³-hybridized carbons (Fsp3) is 0.900. The highest BCUT2D eigenvalue weighted by Crippen LogP contribution is 2.39. The van der Waals surface area contributed by atoms with E-state index in [2.05, 4.69) is 26.2 Å². The molecule has 1 saturated carbocycles. The maximum atomic E-state index is 5.54. The number of nitrogens with one attached hydrogen (secondary N) is 1. The molecule has 0 heterocycles. The molecule has 0 aliphatic heterocycles. The third-order valence-corrected chi connectivity index (χ3v) is 2.95. The van der Waals surface area contributed by atoms with E-state index in [9.17, 15) is 0 Å². The highest BCUT2D eigenvalue weighted by atomic mass is 32.1. The number of rotatable bonds is 1. The van der Waals surface area contributed by atoms with Crippen LogP contribution < -0.4 is 11.3 Å². The monoisotopic (exact) mass is 216 g/mol. The molecule has 1 aliphatic carbocycles. The van der Waals surface area contributed by atoms with Gasteiger partial charge in [0, 0.05) is 0 Å². The highest BCUT2D eigenvalue weighted by molar-refractivity contribution is 7.80. The first kappa shape index (κ1) is 11.7. The molecule has 0 aromatic carbocycles. The van der Waals surface area contributed by atoms with Crippen LogP contribution in [0.4, 0.5) is 0 Å². The normalized spacial score (nSPS) is 30.9. The van der Waals surface area contributed by atoms with Crippen molar-refractivity contribution in [2.75, 3.05) is 0 Å². The van der Waals surface area contributed by atoms with Crippen LogP contribution in [0, 0.1) is 11.3 Å². The van der Waals surface area contributed by atoms with Crippen LogP contribution in [-0.4, -0.2) is 11.3 Å². The number of nitrogens with two attached hydrogens (primary N) is 1. The second-order valence-corrected chi connectivity index (χ2v) is 5.46. The van der Waals surface area contributed by atoms with Gasteiger partial charge in [0.15, 0.2) is 0 Å². The lowest BCUT2D eigenvalue weighted by molar-refractivity contribution is 0.0476. The molecule has 0 radical (unpaired) electrons. The number of ether oxygens (including phenoxy) is 1. The zero-order valence-corrected chi connectivity index (χ0v) is 9.99. The quantitative estimate of drug-likeness (QED) is 0.400. The van der Waals surface area contributed by atoms with Gasteiger partial charge in [-0.3, -0.25) is 5.43 Å². The summed E-state index contributed by atoms with van der Waals surface area (Å²) in [5.74, 6) is 5.87. The summed E-state index contributed by atoms with van der Waals surface area (Å²) in [4.78, 5) is 0.